The van der Waals surface area contributed by atoms with Crippen LogP contribution in [0, 0.1) is 0 Å². The quantitative estimate of drug-likeness (QED) is 0.223. The van der Waals surface area contributed by atoms with Crippen LogP contribution >= 0.6 is 11.6 Å². The number of carbonyl (C=O) groups is 3. The second-order valence-electron chi connectivity index (χ2n) is 9.19. The minimum atomic E-state index is -0.978. The number of anilines is 1. The van der Waals surface area contributed by atoms with Crippen molar-refractivity contribution in [1.29, 1.82) is 0 Å². The third-order valence-electron chi connectivity index (χ3n) is 5.95. The number of hydrogen-bond donors (Lipinski definition) is 4. The van der Waals surface area contributed by atoms with E-state index in [2.05, 4.69) is 15.3 Å². The number of H-pyrrole nitrogens is 1. The zero-order valence-electron chi connectivity index (χ0n) is 21.9. The highest BCUT2D eigenvalue weighted by Gasteiger charge is 2.23. The summed E-state index contributed by atoms with van der Waals surface area (Å²) in [5.41, 5.74) is 7.91. The van der Waals surface area contributed by atoms with Crippen LogP contribution in [0.5, 0.6) is 11.5 Å². The fourth-order valence-corrected chi connectivity index (χ4v) is 4.05. The van der Waals surface area contributed by atoms with E-state index in [0.29, 0.717) is 33.7 Å². The van der Waals surface area contributed by atoms with E-state index in [9.17, 15) is 14.4 Å². The molecule has 0 aliphatic rings. The molecule has 11 heteroatoms. The Bertz CT molecular complexity index is 1500. The number of carboxylic acid groups (broad SMARTS) is 1. The molecule has 0 aliphatic heterocycles. The molecule has 0 saturated carbocycles. The molecule has 204 valence electrons. The summed E-state index contributed by atoms with van der Waals surface area (Å²) in [7, 11) is 3.06. The minimum Gasteiger partial charge on any atom is -0.493 e. The van der Waals surface area contributed by atoms with Crippen molar-refractivity contribution in [3.05, 3.63) is 82.8 Å². The number of ether oxygens (including phenoxy) is 2. The number of aromatic amines is 1. The SMILES string of the molecule is COc1ccc(C(=O)Nc2ccc(C(C)(C)CC(N)=O)cc2)cc1OC.O=C(O)c1c[nH]c2cnc(Cl)cc12. The number of nitrogens with zero attached hydrogens (tertiary/aromatic N) is 1. The van der Waals surface area contributed by atoms with Crippen LogP contribution in [0.1, 0.15) is 46.5 Å². The maximum atomic E-state index is 12.4. The molecule has 2 aromatic heterocycles. The fraction of sp³-hybridized carbons (Fsp3) is 0.214. The topological polar surface area (TPSA) is 157 Å². The second kappa shape index (κ2) is 12.3. The highest BCUT2D eigenvalue weighted by Crippen LogP contribution is 2.29. The van der Waals surface area contributed by atoms with Crippen LogP contribution in [0.2, 0.25) is 5.15 Å². The summed E-state index contributed by atoms with van der Waals surface area (Å²) < 4.78 is 10.4. The van der Waals surface area contributed by atoms with E-state index in [-0.39, 0.29) is 34.4 Å². The number of fused-ring (bicyclic) bond motifs is 1. The molecule has 0 radical (unpaired) electrons. The highest BCUT2D eigenvalue weighted by atomic mass is 35.5. The lowest BCUT2D eigenvalue weighted by Gasteiger charge is -2.23. The van der Waals surface area contributed by atoms with Gasteiger partial charge in [-0.3, -0.25) is 9.59 Å². The number of pyridine rings is 1. The molecule has 4 rings (SSSR count). The smallest absolute Gasteiger partial charge is 0.337 e. The van der Waals surface area contributed by atoms with Gasteiger partial charge in [0.1, 0.15) is 5.15 Å². The van der Waals surface area contributed by atoms with Crippen LogP contribution in [-0.2, 0) is 10.2 Å². The summed E-state index contributed by atoms with van der Waals surface area (Å²) in [6.45, 7) is 3.91. The number of aromatic carboxylic acids is 1. The van der Waals surface area contributed by atoms with E-state index in [4.69, 9.17) is 31.9 Å². The van der Waals surface area contributed by atoms with Gasteiger partial charge in [-0.05, 0) is 47.4 Å². The Kier molecular flexibility index (Phi) is 9.16. The molecule has 0 aliphatic carbocycles. The van der Waals surface area contributed by atoms with Gasteiger partial charge in [0, 0.05) is 29.3 Å². The lowest BCUT2D eigenvalue weighted by molar-refractivity contribution is -0.119. The van der Waals surface area contributed by atoms with Gasteiger partial charge in [0.15, 0.2) is 11.5 Å². The lowest BCUT2D eigenvalue weighted by Crippen LogP contribution is -2.26. The summed E-state index contributed by atoms with van der Waals surface area (Å²) in [4.78, 5) is 41.0. The molecule has 0 unspecified atom stereocenters. The zero-order valence-corrected chi connectivity index (χ0v) is 22.6. The van der Waals surface area contributed by atoms with Gasteiger partial charge in [0.05, 0.1) is 31.5 Å². The highest BCUT2D eigenvalue weighted by molar-refractivity contribution is 6.30. The first kappa shape index (κ1) is 29.0. The van der Waals surface area contributed by atoms with E-state index in [0.717, 1.165) is 5.56 Å². The summed E-state index contributed by atoms with van der Waals surface area (Å²) in [5, 5.41) is 12.5. The first-order valence-corrected chi connectivity index (χ1v) is 12.1. The predicted molar refractivity (Wildman–Crippen MR) is 149 cm³/mol. The standard InChI is InChI=1S/C20H24N2O4.C8H5ClN2O2/c1-20(2,12-18(21)23)14-6-8-15(9-7-14)22-19(24)13-5-10-16(25-3)17(11-13)26-4;9-7-1-4-5(8(12)13)2-10-6(4)3-11-7/h5-11H,12H2,1-4H3,(H2,21,23)(H,22,24);1-3,10H,(H,12,13). The van der Waals surface area contributed by atoms with Gasteiger partial charge in [-0.15, -0.1) is 0 Å². The van der Waals surface area contributed by atoms with Gasteiger partial charge in [0.25, 0.3) is 5.91 Å². The Hall–Kier alpha value is -4.57. The third kappa shape index (κ3) is 7.26. The van der Waals surface area contributed by atoms with Gasteiger partial charge >= 0.3 is 5.97 Å². The first-order chi connectivity index (χ1) is 18.4. The van der Waals surface area contributed by atoms with Crippen LogP contribution in [0.4, 0.5) is 5.69 Å². The van der Waals surface area contributed by atoms with Gasteiger partial charge < -0.3 is 30.6 Å². The Morgan fingerprint density at radius 2 is 1.72 bits per heavy atom. The number of aromatic nitrogens is 2. The number of hydrogen-bond acceptors (Lipinski definition) is 6. The number of primary amides is 1. The van der Waals surface area contributed by atoms with Crippen LogP contribution in [0.15, 0.2) is 60.9 Å². The Morgan fingerprint density at radius 1 is 1.05 bits per heavy atom. The van der Waals surface area contributed by atoms with Crippen molar-refractivity contribution in [2.45, 2.75) is 25.7 Å². The number of halogens is 1. The Morgan fingerprint density at radius 3 is 2.31 bits per heavy atom. The molecule has 4 aromatic rings. The van der Waals surface area contributed by atoms with Crippen molar-refractivity contribution >= 4 is 46.0 Å². The van der Waals surface area contributed by atoms with E-state index >= 15 is 0 Å². The molecule has 2 aromatic carbocycles. The van der Waals surface area contributed by atoms with Crippen LogP contribution in [0.3, 0.4) is 0 Å². The number of rotatable bonds is 8. The largest absolute Gasteiger partial charge is 0.493 e. The normalized spacial score (nSPS) is 10.8. The molecule has 39 heavy (non-hydrogen) atoms. The predicted octanol–water partition coefficient (Wildman–Crippen LogP) is 5.02. The second-order valence-corrected chi connectivity index (χ2v) is 9.58. The Balaban J connectivity index is 0.000000268. The van der Waals surface area contributed by atoms with Crippen molar-refractivity contribution in [1.82, 2.24) is 9.97 Å². The number of carboxylic acids is 1. The maximum absolute atomic E-state index is 12.4. The van der Waals surface area contributed by atoms with E-state index < -0.39 is 5.97 Å². The molecule has 2 heterocycles. The van der Waals surface area contributed by atoms with Crippen molar-refractivity contribution in [3.63, 3.8) is 0 Å². The average Bonchev–Trinajstić information content (AvgIpc) is 3.31. The van der Waals surface area contributed by atoms with Crippen molar-refractivity contribution in [3.8, 4) is 11.5 Å². The summed E-state index contributed by atoms with van der Waals surface area (Å²) in [6.07, 6.45) is 3.18. The molecule has 10 nitrogen and oxygen atoms in total. The molecule has 0 atom stereocenters. The number of benzene rings is 2. The summed E-state index contributed by atoms with van der Waals surface area (Å²) >= 11 is 5.63. The summed E-state index contributed by atoms with van der Waals surface area (Å²) in [5.74, 6) is -0.529. The summed E-state index contributed by atoms with van der Waals surface area (Å²) in [6, 6.07) is 13.9. The number of nitrogens with two attached hydrogens (primary N) is 1. The molecule has 0 fully saturated rings. The van der Waals surface area contributed by atoms with Crippen molar-refractivity contribution in [2.75, 3.05) is 19.5 Å². The van der Waals surface area contributed by atoms with E-state index in [1.54, 1.807) is 37.4 Å². The van der Waals surface area contributed by atoms with Gasteiger partial charge in [0.2, 0.25) is 5.91 Å². The maximum Gasteiger partial charge on any atom is 0.337 e. The van der Waals surface area contributed by atoms with Crippen LogP contribution < -0.4 is 20.5 Å². The average molecular weight is 553 g/mol. The van der Waals surface area contributed by atoms with E-state index in [1.807, 2.05) is 26.0 Å². The monoisotopic (exact) mass is 552 g/mol. The molecule has 2 amide bonds. The minimum absolute atomic E-state index is 0.208. The molecular formula is C28H29ClN4O6. The molecule has 0 bridgehead atoms. The third-order valence-corrected chi connectivity index (χ3v) is 6.16. The van der Waals surface area contributed by atoms with Crippen molar-refractivity contribution < 1.29 is 29.0 Å². The lowest BCUT2D eigenvalue weighted by atomic mass is 9.81. The molecule has 5 N–H and O–H groups in total. The van der Waals surface area contributed by atoms with Crippen molar-refractivity contribution in [2.24, 2.45) is 5.73 Å². The first-order valence-electron chi connectivity index (χ1n) is 11.7. The molecular weight excluding hydrogens is 524 g/mol. The van der Waals surface area contributed by atoms with E-state index in [1.165, 1.54) is 25.6 Å². The molecule has 0 saturated heterocycles. The molecule has 0 spiro atoms. The van der Waals surface area contributed by atoms with Gasteiger partial charge in [-0.1, -0.05) is 37.6 Å². The van der Waals surface area contributed by atoms with Crippen LogP contribution in [-0.4, -0.2) is 47.1 Å². The van der Waals surface area contributed by atoms with Crippen LogP contribution in [0.25, 0.3) is 10.9 Å². The number of nitrogens with one attached hydrogen (secondary N) is 2. The van der Waals surface area contributed by atoms with Gasteiger partial charge in [-0.2, -0.15) is 0 Å². The number of methoxy groups -OCH3 is 2. The zero-order chi connectivity index (χ0) is 28.7. The van der Waals surface area contributed by atoms with Gasteiger partial charge in [-0.25, -0.2) is 9.78 Å². The Labute approximate surface area is 230 Å². The number of carbonyl (C=O) groups excluding carboxylic acids is 2. The number of amides is 2. The fourth-order valence-electron chi connectivity index (χ4n) is 3.90.